The van der Waals surface area contributed by atoms with Crippen LogP contribution in [-0.2, 0) is 0 Å². The first-order valence-electron chi connectivity index (χ1n) is 3.31. The predicted octanol–water partition coefficient (Wildman–Crippen LogP) is 1.75. The Hall–Kier alpha value is 0.310. The van der Waals surface area contributed by atoms with E-state index in [4.69, 9.17) is 0 Å². The summed E-state index contributed by atoms with van der Waals surface area (Å²) in [6.07, 6.45) is 2.82. The van der Waals surface area contributed by atoms with Crippen LogP contribution in [0.15, 0.2) is 0 Å². The van der Waals surface area contributed by atoms with Gasteiger partial charge in [0.2, 0.25) is 0 Å². The maximum absolute atomic E-state index is 2.46. The minimum Gasteiger partial charge on any atom is -0.251 e. The van der Waals surface area contributed by atoms with Gasteiger partial charge >= 0.3 is 0 Å². The van der Waals surface area contributed by atoms with Crippen LogP contribution in [-0.4, -0.2) is 23.1 Å². The summed E-state index contributed by atoms with van der Waals surface area (Å²) >= 11 is 1.97. The lowest BCUT2D eigenvalue weighted by Gasteiger charge is -2.09. The second-order valence-electron chi connectivity index (χ2n) is 2.05. The van der Waals surface area contributed by atoms with E-state index in [-0.39, 0.29) is 0 Å². The van der Waals surface area contributed by atoms with E-state index in [9.17, 15) is 0 Å². The third kappa shape index (κ3) is 1.67. The van der Waals surface area contributed by atoms with E-state index < -0.39 is 0 Å². The molecule has 0 unspecified atom stereocenters. The van der Waals surface area contributed by atoms with Crippen molar-refractivity contribution in [2.75, 3.05) is 18.8 Å². The first kappa shape index (κ1) is 6.43. The van der Waals surface area contributed by atoms with Crippen LogP contribution in [0.5, 0.6) is 0 Å². The molecule has 1 heterocycles. The van der Waals surface area contributed by atoms with Gasteiger partial charge in [0.05, 0.1) is 0 Å². The predicted molar refractivity (Wildman–Crippen MR) is 38.9 cm³/mol. The molecule has 0 aliphatic carbocycles. The number of hydrogen-bond acceptors (Lipinski definition) is 2. The van der Waals surface area contributed by atoms with E-state index in [0.29, 0.717) is 0 Å². The van der Waals surface area contributed by atoms with Crippen molar-refractivity contribution in [1.29, 1.82) is 0 Å². The Labute approximate surface area is 55.6 Å². The lowest BCUT2D eigenvalue weighted by molar-refractivity contribution is 0.587. The van der Waals surface area contributed by atoms with E-state index in [1.165, 1.54) is 31.7 Å². The zero-order valence-electron chi connectivity index (χ0n) is 5.39. The molecule has 1 aliphatic rings. The van der Waals surface area contributed by atoms with Crippen LogP contribution in [0, 0.1) is 0 Å². The van der Waals surface area contributed by atoms with Crippen molar-refractivity contribution in [2.24, 2.45) is 0 Å². The molecule has 0 radical (unpaired) electrons. The van der Waals surface area contributed by atoms with Gasteiger partial charge < -0.3 is 0 Å². The lowest BCUT2D eigenvalue weighted by Crippen LogP contribution is -2.08. The van der Waals surface area contributed by atoms with E-state index in [1.807, 2.05) is 11.9 Å². The van der Waals surface area contributed by atoms with Crippen LogP contribution < -0.4 is 0 Å². The summed E-state index contributed by atoms with van der Waals surface area (Å²) in [4.78, 5) is 0. The molecule has 0 saturated carbocycles. The van der Waals surface area contributed by atoms with Gasteiger partial charge in [-0.15, -0.1) is 0 Å². The molecule has 1 aliphatic heterocycles. The second kappa shape index (κ2) is 3.36. The fraction of sp³-hybridized carbons (Fsp3) is 1.00. The average molecular weight is 131 g/mol. The Bertz CT molecular complexity index is 59.5. The number of nitrogens with zero attached hydrogens (tertiary/aromatic N) is 1. The van der Waals surface area contributed by atoms with Crippen LogP contribution in [0.25, 0.3) is 0 Å². The highest BCUT2D eigenvalue weighted by molar-refractivity contribution is 7.96. The molecule has 0 spiro atoms. The minimum atomic E-state index is 1.24. The fourth-order valence-electron chi connectivity index (χ4n) is 1.000. The van der Waals surface area contributed by atoms with Gasteiger partial charge in [-0.1, -0.05) is 18.9 Å². The highest BCUT2D eigenvalue weighted by Gasteiger charge is 2.09. The van der Waals surface area contributed by atoms with Crippen LogP contribution in [0.4, 0.5) is 0 Å². The first-order valence-corrected chi connectivity index (χ1v) is 4.25. The average Bonchev–Trinajstić information content (AvgIpc) is 2.19. The SMILES string of the molecule is CCSN1CCCC1. The third-order valence-corrected chi connectivity index (χ3v) is 2.37. The smallest absolute Gasteiger partial charge is 0.00898 e. The normalized spacial score (nSPS) is 22.1. The molecule has 1 nitrogen and oxygen atoms in total. The first-order chi connectivity index (χ1) is 3.93. The standard InChI is InChI=1S/C6H13NS/c1-2-8-7-5-3-4-6-7/h2-6H2,1H3. The van der Waals surface area contributed by atoms with Crippen molar-refractivity contribution >= 4 is 11.9 Å². The Morgan fingerprint density at radius 2 is 2.00 bits per heavy atom. The van der Waals surface area contributed by atoms with Gasteiger partial charge in [0.1, 0.15) is 0 Å². The van der Waals surface area contributed by atoms with E-state index in [2.05, 4.69) is 11.2 Å². The van der Waals surface area contributed by atoms with Crippen molar-refractivity contribution in [1.82, 2.24) is 4.31 Å². The van der Waals surface area contributed by atoms with Gasteiger partial charge in [-0.2, -0.15) is 0 Å². The van der Waals surface area contributed by atoms with Gasteiger partial charge in [-0.25, -0.2) is 0 Å². The summed E-state index contributed by atoms with van der Waals surface area (Å²) in [7, 11) is 0. The lowest BCUT2D eigenvalue weighted by atomic mass is 10.4. The van der Waals surface area contributed by atoms with Gasteiger partial charge in [0, 0.05) is 18.8 Å². The van der Waals surface area contributed by atoms with Crippen LogP contribution in [0.3, 0.4) is 0 Å². The van der Waals surface area contributed by atoms with Crippen LogP contribution in [0.1, 0.15) is 19.8 Å². The zero-order valence-corrected chi connectivity index (χ0v) is 6.21. The molecule has 0 amide bonds. The quantitative estimate of drug-likeness (QED) is 0.525. The molecular weight excluding hydrogens is 118 g/mol. The number of rotatable bonds is 2. The summed E-state index contributed by atoms with van der Waals surface area (Å²) in [6, 6.07) is 0. The molecule has 8 heavy (non-hydrogen) atoms. The molecule has 1 saturated heterocycles. The Balaban J connectivity index is 2.06. The Kier molecular flexibility index (Phi) is 2.70. The van der Waals surface area contributed by atoms with Crippen molar-refractivity contribution in [2.45, 2.75) is 19.8 Å². The van der Waals surface area contributed by atoms with Crippen LogP contribution in [0.2, 0.25) is 0 Å². The topological polar surface area (TPSA) is 3.24 Å². The maximum atomic E-state index is 2.46. The monoisotopic (exact) mass is 131 g/mol. The van der Waals surface area contributed by atoms with Crippen molar-refractivity contribution in [3.05, 3.63) is 0 Å². The minimum absolute atomic E-state index is 1.24. The molecule has 0 aromatic rings. The molecule has 2 heteroatoms. The summed E-state index contributed by atoms with van der Waals surface area (Å²) in [6.45, 7) is 4.85. The highest BCUT2D eigenvalue weighted by Crippen LogP contribution is 2.16. The van der Waals surface area contributed by atoms with E-state index in [1.54, 1.807) is 0 Å². The molecule has 0 aromatic carbocycles. The summed E-state index contributed by atoms with van der Waals surface area (Å²) in [5.41, 5.74) is 0. The third-order valence-electron chi connectivity index (χ3n) is 1.38. The summed E-state index contributed by atoms with van der Waals surface area (Å²) in [5.74, 6) is 1.24. The fourth-order valence-corrected chi connectivity index (χ4v) is 1.88. The van der Waals surface area contributed by atoms with E-state index in [0.717, 1.165) is 0 Å². The molecule has 0 aromatic heterocycles. The van der Waals surface area contributed by atoms with Gasteiger partial charge in [-0.3, -0.25) is 4.31 Å². The van der Waals surface area contributed by atoms with Gasteiger partial charge in [0.15, 0.2) is 0 Å². The summed E-state index contributed by atoms with van der Waals surface area (Å²) in [5, 5.41) is 0. The molecule has 0 N–H and O–H groups in total. The molecule has 0 bridgehead atoms. The van der Waals surface area contributed by atoms with E-state index >= 15 is 0 Å². The Morgan fingerprint density at radius 3 is 2.50 bits per heavy atom. The van der Waals surface area contributed by atoms with Crippen LogP contribution >= 0.6 is 11.9 Å². The van der Waals surface area contributed by atoms with Crippen molar-refractivity contribution < 1.29 is 0 Å². The zero-order chi connectivity index (χ0) is 5.82. The van der Waals surface area contributed by atoms with Crippen molar-refractivity contribution in [3.8, 4) is 0 Å². The van der Waals surface area contributed by atoms with Crippen molar-refractivity contribution in [3.63, 3.8) is 0 Å². The molecule has 1 rings (SSSR count). The Morgan fingerprint density at radius 1 is 1.38 bits per heavy atom. The van der Waals surface area contributed by atoms with Gasteiger partial charge in [0.25, 0.3) is 0 Å². The molecule has 0 atom stereocenters. The van der Waals surface area contributed by atoms with Gasteiger partial charge in [-0.05, 0) is 12.8 Å². The summed E-state index contributed by atoms with van der Waals surface area (Å²) < 4.78 is 2.46. The number of hydrogen-bond donors (Lipinski definition) is 0. The molecule has 1 fully saturated rings. The molecule has 48 valence electrons. The second-order valence-corrected chi connectivity index (χ2v) is 3.41. The molecular formula is C6H13NS. The maximum Gasteiger partial charge on any atom is 0.00898 e. The highest BCUT2D eigenvalue weighted by atomic mass is 32.2. The largest absolute Gasteiger partial charge is 0.251 e.